The Morgan fingerprint density at radius 1 is 1.04 bits per heavy atom. The molecule has 146 valence electrons. The number of benzene rings is 2. The van der Waals surface area contributed by atoms with Gasteiger partial charge in [-0.25, -0.2) is 0 Å². The lowest BCUT2D eigenvalue weighted by Crippen LogP contribution is -2.45. The van der Waals surface area contributed by atoms with Crippen LogP contribution < -0.4 is 14.8 Å². The zero-order valence-electron chi connectivity index (χ0n) is 16.5. The van der Waals surface area contributed by atoms with Crippen molar-refractivity contribution in [1.29, 1.82) is 0 Å². The summed E-state index contributed by atoms with van der Waals surface area (Å²) in [6.07, 6.45) is 5.58. The molecular weight excluding hydrogens is 348 g/mol. The molecule has 1 aliphatic carbocycles. The summed E-state index contributed by atoms with van der Waals surface area (Å²) in [6.45, 7) is 4.93. The highest BCUT2D eigenvalue weighted by atomic mass is 16.5. The minimum Gasteiger partial charge on any atom is -0.496 e. The van der Waals surface area contributed by atoms with Crippen molar-refractivity contribution in [3.05, 3.63) is 64.2 Å². The molecule has 1 unspecified atom stereocenters. The molecule has 4 heteroatoms. The van der Waals surface area contributed by atoms with Crippen molar-refractivity contribution in [2.24, 2.45) is 0 Å². The average Bonchev–Trinajstić information content (AvgIpc) is 3.21. The lowest BCUT2D eigenvalue weighted by atomic mass is 9.84. The summed E-state index contributed by atoms with van der Waals surface area (Å²) in [5, 5.41) is 3.49. The first kappa shape index (κ1) is 17.8. The Bertz CT molecular complexity index is 899. The van der Waals surface area contributed by atoms with Gasteiger partial charge in [-0.05, 0) is 41.7 Å². The van der Waals surface area contributed by atoms with Crippen molar-refractivity contribution in [1.82, 2.24) is 10.2 Å². The predicted molar refractivity (Wildman–Crippen MR) is 112 cm³/mol. The fraction of sp³-hybridized carbons (Fsp3) is 0.417. The molecule has 0 bridgehead atoms. The Morgan fingerprint density at radius 2 is 1.89 bits per heavy atom. The number of hydrogen-bond donors (Lipinski definition) is 1. The van der Waals surface area contributed by atoms with Gasteiger partial charge in [0.25, 0.3) is 0 Å². The van der Waals surface area contributed by atoms with Crippen molar-refractivity contribution < 1.29 is 9.47 Å². The number of aryl methyl sites for hydroxylation is 1. The predicted octanol–water partition coefficient (Wildman–Crippen LogP) is 3.61. The number of piperazine rings is 1. The zero-order valence-corrected chi connectivity index (χ0v) is 16.5. The minimum absolute atomic E-state index is 0.236. The van der Waals surface area contributed by atoms with Crippen LogP contribution in [-0.4, -0.2) is 44.8 Å². The SMILES string of the molecule is COc1cc2c(cc1C(C1=Cc3ccccc3CC1)N1CCNCC1)OCC2. The van der Waals surface area contributed by atoms with E-state index >= 15 is 0 Å². The molecule has 0 aromatic heterocycles. The fourth-order valence-electron chi connectivity index (χ4n) is 4.85. The average molecular weight is 377 g/mol. The number of nitrogens with zero attached hydrogens (tertiary/aromatic N) is 1. The molecule has 3 aliphatic rings. The molecule has 1 saturated heterocycles. The third-order valence-corrected chi connectivity index (χ3v) is 6.28. The summed E-state index contributed by atoms with van der Waals surface area (Å²) in [6, 6.07) is 13.5. The maximum absolute atomic E-state index is 5.91. The molecule has 0 saturated carbocycles. The van der Waals surface area contributed by atoms with Gasteiger partial charge in [0.1, 0.15) is 11.5 Å². The second-order valence-electron chi connectivity index (χ2n) is 7.91. The van der Waals surface area contributed by atoms with Gasteiger partial charge in [0.15, 0.2) is 0 Å². The summed E-state index contributed by atoms with van der Waals surface area (Å²) in [7, 11) is 1.79. The Morgan fingerprint density at radius 3 is 2.75 bits per heavy atom. The molecule has 28 heavy (non-hydrogen) atoms. The Balaban J connectivity index is 1.61. The molecule has 0 radical (unpaired) electrons. The van der Waals surface area contributed by atoms with Gasteiger partial charge in [-0.1, -0.05) is 30.3 Å². The van der Waals surface area contributed by atoms with Gasteiger partial charge >= 0.3 is 0 Å². The van der Waals surface area contributed by atoms with E-state index in [9.17, 15) is 0 Å². The number of fused-ring (bicyclic) bond motifs is 2. The van der Waals surface area contributed by atoms with Gasteiger partial charge in [-0.15, -0.1) is 0 Å². The number of hydrogen-bond acceptors (Lipinski definition) is 4. The van der Waals surface area contributed by atoms with Gasteiger partial charge in [-0.2, -0.15) is 0 Å². The molecule has 2 aliphatic heterocycles. The van der Waals surface area contributed by atoms with Crippen molar-refractivity contribution in [2.75, 3.05) is 39.9 Å². The standard InChI is InChI=1S/C24H28N2O2/c1-27-23-15-19-8-13-28-22(19)16-21(23)24(26-11-9-25-10-12-26)20-7-6-17-4-2-3-5-18(17)14-20/h2-5,14-16,24-25H,6-13H2,1H3. The molecule has 4 nitrogen and oxygen atoms in total. The number of rotatable bonds is 4. The molecule has 5 rings (SSSR count). The molecule has 0 amide bonds. The highest BCUT2D eigenvalue weighted by Crippen LogP contribution is 2.43. The molecule has 2 aromatic carbocycles. The van der Waals surface area contributed by atoms with E-state index in [1.54, 1.807) is 7.11 Å². The highest BCUT2D eigenvalue weighted by molar-refractivity contribution is 5.63. The van der Waals surface area contributed by atoms with E-state index in [4.69, 9.17) is 9.47 Å². The van der Waals surface area contributed by atoms with Crippen LogP contribution in [0.15, 0.2) is 42.0 Å². The van der Waals surface area contributed by atoms with Gasteiger partial charge < -0.3 is 14.8 Å². The van der Waals surface area contributed by atoms with Crippen molar-refractivity contribution in [3.8, 4) is 11.5 Å². The summed E-state index contributed by atoms with van der Waals surface area (Å²) < 4.78 is 11.8. The van der Waals surface area contributed by atoms with E-state index in [1.807, 2.05) is 0 Å². The molecular formula is C24H28N2O2. The second-order valence-corrected chi connectivity index (χ2v) is 7.91. The maximum atomic E-state index is 5.91. The first-order valence-electron chi connectivity index (χ1n) is 10.4. The summed E-state index contributed by atoms with van der Waals surface area (Å²) in [5.74, 6) is 2.03. The topological polar surface area (TPSA) is 33.7 Å². The van der Waals surface area contributed by atoms with E-state index in [2.05, 4.69) is 52.7 Å². The summed E-state index contributed by atoms with van der Waals surface area (Å²) in [5.41, 5.74) is 6.81. The maximum Gasteiger partial charge on any atom is 0.124 e. The van der Waals surface area contributed by atoms with Gasteiger partial charge in [-0.3, -0.25) is 4.90 Å². The van der Waals surface area contributed by atoms with Crippen LogP contribution in [0.25, 0.3) is 6.08 Å². The molecule has 2 heterocycles. The minimum atomic E-state index is 0.236. The highest BCUT2D eigenvalue weighted by Gasteiger charge is 2.31. The Hall–Kier alpha value is -2.30. The smallest absolute Gasteiger partial charge is 0.124 e. The lowest BCUT2D eigenvalue weighted by molar-refractivity contribution is 0.190. The van der Waals surface area contributed by atoms with Crippen LogP contribution >= 0.6 is 0 Å². The first-order valence-corrected chi connectivity index (χ1v) is 10.4. The number of nitrogens with one attached hydrogen (secondary N) is 1. The second kappa shape index (κ2) is 7.61. The van der Waals surface area contributed by atoms with Crippen LogP contribution in [0.1, 0.15) is 34.7 Å². The van der Waals surface area contributed by atoms with Gasteiger partial charge in [0, 0.05) is 43.7 Å². The summed E-state index contributed by atoms with van der Waals surface area (Å²) in [4.78, 5) is 2.61. The van der Waals surface area contributed by atoms with Gasteiger partial charge in [0.2, 0.25) is 0 Å². The largest absolute Gasteiger partial charge is 0.496 e. The molecule has 1 N–H and O–H groups in total. The van der Waals surface area contributed by atoms with Crippen LogP contribution in [0.5, 0.6) is 11.5 Å². The molecule has 0 spiro atoms. The zero-order chi connectivity index (χ0) is 18.9. The van der Waals surface area contributed by atoms with Crippen LogP contribution in [0, 0.1) is 0 Å². The van der Waals surface area contributed by atoms with E-state index in [0.29, 0.717) is 0 Å². The van der Waals surface area contributed by atoms with Gasteiger partial charge in [0.05, 0.1) is 19.8 Å². The van der Waals surface area contributed by atoms with E-state index in [0.717, 1.165) is 63.5 Å². The first-order chi connectivity index (χ1) is 13.8. The Kier molecular flexibility index (Phi) is 4.83. The Labute approximate surface area is 167 Å². The molecule has 1 atom stereocenters. The van der Waals surface area contributed by atoms with Crippen molar-refractivity contribution >= 4 is 6.08 Å². The fourth-order valence-corrected chi connectivity index (χ4v) is 4.85. The monoisotopic (exact) mass is 376 g/mol. The lowest BCUT2D eigenvalue weighted by Gasteiger charge is -2.38. The van der Waals surface area contributed by atoms with Crippen molar-refractivity contribution in [2.45, 2.75) is 25.3 Å². The third kappa shape index (κ3) is 3.21. The van der Waals surface area contributed by atoms with E-state index in [1.165, 1.54) is 27.8 Å². The third-order valence-electron chi connectivity index (χ3n) is 6.28. The molecule has 1 fully saturated rings. The summed E-state index contributed by atoms with van der Waals surface area (Å²) >= 11 is 0. The van der Waals surface area contributed by atoms with Crippen molar-refractivity contribution in [3.63, 3.8) is 0 Å². The van der Waals surface area contributed by atoms with E-state index in [-0.39, 0.29) is 6.04 Å². The number of methoxy groups -OCH3 is 1. The molecule has 2 aromatic rings. The van der Waals surface area contributed by atoms with Crippen LogP contribution in [0.4, 0.5) is 0 Å². The van der Waals surface area contributed by atoms with Crippen LogP contribution in [0.3, 0.4) is 0 Å². The van der Waals surface area contributed by atoms with Crippen LogP contribution in [0.2, 0.25) is 0 Å². The van der Waals surface area contributed by atoms with E-state index < -0.39 is 0 Å². The number of ether oxygens (including phenoxy) is 2. The van der Waals surface area contributed by atoms with Crippen LogP contribution in [-0.2, 0) is 12.8 Å². The normalized spacial score (nSPS) is 20.0. The quantitative estimate of drug-likeness (QED) is 0.884.